The van der Waals surface area contributed by atoms with Gasteiger partial charge in [0.2, 0.25) is 0 Å². The number of rotatable bonds is 2. The van der Waals surface area contributed by atoms with Crippen molar-refractivity contribution in [3.63, 3.8) is 0 Å². The fourth-order valence-corrected chi connectivity index (χ4v) is 2.11. The van der Waals surface area contributed by atoms with E-state index in [9.17, 15) is 9.18 Å². The average molecular weight is 301 g/mol. The monoisotopic (exact) mass is 300 g/mol. The minimum absolute atomic E-state index is 0.269. The number of carbonyl (C=O) groups is 1. The SMILES string of the molecule is CC1(C)OB(c2cc(Cl)c(F)c(C(=O)O)c2)OC1(C)C. The highest BCUT2D eigenvalue weighted by atomic mass is 35.5. The van der Waals surface area contributed by atoms with E-state index in [1.807, 2.05) is 27.7 Å². The minimum Gasteiger partial charge on any atom is -0.478 e. The molecule has 1 aromatic rings. The van der Waals surface area contributed by atoms with Crippen LogP contribution in [-0.4, -0.2) is 29.4 Å². The van der Waals surface area contributed by atoms with Crippen LogP contribution in [0.2, 0.25) is 5.02 Å². The van der Waals surface area contributed by atoms with Gasteiger partial charge in [0.15, 0.2) is 5.82 Å². The Bertz CT molecular complexity index is 558. The largest absolute Gasteiger partial charge is 0.494 e. The standard InChI is InChI=1S/C13H15BClFO4/c1-12(2)13(3,4)20-14(19-12)7-5-8(11(17)18)10(16)9(15)6-7/h5-6H,1-4H3,(H,17,18). The number of hydrogen-bond donors (Lipinski definition) is 1. The quantitative estimate of drug-likeness (QED) is 0.853. The number of halogens is 2. The van der Waals surface area contributed by atoms with Crippen LogP contribution >= 0.6 is 11.6 Å². The molecule has 7 heteroatoms. The second-order valence-electron chi connectivity index (χ2n) is 5.76. The van der Waals surface area contributed by atoms with Crippen LogP contribution in [0.4, 0.5) is 4.39 Å². The average Bonchev–Trinajstić information content (AvgIpc) is 2.51. The molecule has 1 heterocycles. The predicted octanol–water partition coefficient (Wildman–Crippen LogP) is 2.48. The van der Waals surface area contributed by atoms with Gasteiger partial charge in [-0.1, -0.05) is 11.6 Å². The molecule has 1 aliphatic rings. The van der Waals surface area contributed by atoms with Crippen molar-refractivity contribution in [2.24, 2.45) is 0 Å². The van der Waals surface area contributed by atoms with Gasteiger partial charge in [0.05, 0.1) is 21.8 Å². The van der Waals surface area contributed by atoms with Crippen molar-refractivity contribution in [3.05, 3.63) is 28.5 Å². The second kappa shape index (κ2) is 4.72. The molecule has 1 aliphatic heterocycles. The summed E-state index contributed by atoms with van der Waals surface area (Å²) in [7, 11) is -0.781. The topological polar surface area (TPSA) is 55.8 Å². The van der Waals surface area contributed by atoms with Gasteiger partial charge < -0.3 is 14.4 Å². The zero-order valence-corrected chi connectivity index (χ0v) is 12.4. The Morgan fingerprint density at radius 2 is 1.75 bits per heavy atom. The van der Waals surface area contributed by atoms with Crippen LogP contribution < -0.4 is 5.46 Å². The van der Waals surface area contributed by atoms with Gasteiger partial charge in [-0.3, -0.25) is 0 Å². The summed E-state index contributed by atoms with van der Waals surface area (Å²) in [5.74, 6) is -2.35. The fourth-order valence-electron chi connectivity index (χ4n) is 1.88. The lowest BCUT2D eigenvalue weighted by Gasteiger charge is -2.32. The van der Waals surface area contributed by atoms with E-state index in [2.05, 4.69) is 0 Å². The van der Waals surface area contributed by atoms with E-state index in [4.69, 9.17) is 26.0 Å². The van der Waals surface area contributed by atoms with E-state index in [-0.39, 0.29) is 5.02 Å². The Labute approximate surface area is 122 Å². The molecule has 0 aromatic heterocycles. The van der Waals surface area contributed by atoms with E-state index >= 15 is 0 Å². The van der Waals surface area contributed by atoms with Crippen LogP contribution in [-0.2, 0) is 9.31 Å². The molecule has 1 N–H and O–H groups in total. The highest BCUT2D eigenvalue weighted by Gasteiger charge is 2.52. The summed E-state index contributed by atoms with van der Waals surface area (Å²) in [5.41, 5.74) is -1.25. The van der Waals surface area contributed by atoms with Crippen molar-refractivity contribution >= 4 is 30.2 Å². The molecule has 4 nitrogen and oxygen atoms in total. The van der Waals surface area contributed by atoms with Crippen LogP contribution in [0.3, 0.4) is 0 Å². The Morgan fingerprint density at radius 3 is 2.20 bits per heavy atom. The Kier molecular flexibility index (Phi) is 3.61. The molecule has 0 amide bonds. The van der Waals surface area contributed by atoms with E-state index in [0.717, 1.165) is 0 Å². The van der Waals surface area contributed by atoms with Crippen molar-refractivity contribution in [2.75, 3.05) is 0 Å². The first kappa shape index (κ1) is 15.3. The van der Waals surface area contributed by atoms with Crippen molar-refractivity contribution in [1.82, 2.24) is 0 Å². The maximum atomic E-state index is 13.6. The summed E-state index contributed by atoms with van der Waals surface area (Å²) in [4.78, 5) is 11.0. The zero-order chi connectivity index (χ0) is 15.3. The molecular formula is C13H15BClFO4. The molecule has 0 atom stereocenters. The first-order chi connectivity index (χ1) is 9.05. The first-order valence-electron chi connectivity index (χ1n) is 6.13. The van der Waals surface area contributed by atoms with Gasteiger partial charge >= 0.3 is 13.1 Å². The number of benzene rings is 1. The number of carboxylic acid groups (broad SMARTS) is 1. The summed E-state index contributed by atoms with van der Waals surface area (Å²) < 4.78 is 25.2. The number of hydrogen-bond acceptors (Lipinski definition) is 3. The van der Waals surface area contributed by atoms with Crippen molar-refractivity contribution in [1.29, 1.82) is 0 Å². The lowest BCUT2D eigenvalue weighted by atomic mass is 9.78. The van der Waals surface area contributed by atoms with Gasteiger partial charge in [0.1, 0.15) is 0 Å². The third-order valence-electron chi connectivity index (χ3n) is 3.81. The van der Waals surface area contributed by atoms with Crippen LogP contribution in [0.15, 0.2) is 12.1 Å². The summed E-state index contributed by atoms with van der Waals surface area (Å²) in [5, 5.41) is 8.71. The lowest BCUT2D eigenvalue weighted by Crippen LogP contribution is -2.41. The first-order valence-corrected chi connectivity index (χ1v) is 6.51. The predicted molar refractivity (Wildman–Crippen MR) is 74.1 cm³/mol. The summed E-state index contributed by atoms with van der Waals surface area (Å²) in [6.07, 6.45) is 0. The van der Waals surface area contributed by atoms with Gasteiger partial charge in [0, 0.05) is 0 Å². The molecule has 0 saturated carbocycles. The van der Waals surface area contributed by atoms with Gasteiger partial charge in [-0.25, -0.2) is 9.18 Å². The highest BCUT2D eigenvalue weighted by Crippen LogP contribution is 2.36. The van der Waals surface area contributed by atoms with E-state index in [0.29, 0.717) is 5.46 Å². The van der Waals surface area contributed by atoms with Gasteiger partial charge in [-0.15, -0.1) is 0 Å². The Balaban J connectivity index is 2.43. The van der Waals surface area contributed by atoms with Crippen LogP contribution in [0.5, 0.6) is 0 Å². The molecule has 20 heavy (non-hydrogen) atoms. The maximum absolute atomic E-state index is 13.6. The lowest BCUT2D eigenvalue weighted by molar-refractivity contribution is 0.00578. The molecule has 2 rings (SSSR count). The molecule has 1 aromatic carbocycles. The molecule has 0 bridgehead atoms. The molecule has 0 radical (unpaired) electrons. The molecule has 0 aliphatic carbocycles. The molecule has 1 saturated heterocycles. The normalized spacial score (nSPS) is 20.2. The summed E-state index contributed by atoms with van der Waals surface area (Å²) in [6, 6.07) is 2.51. The third kappa shape index (κ3) is 2.43. The van der Waals surface area contributed by atoms with Crippen LogP contribution in [0.25, 0.3) is 0 Å². The number of aromatic carboxylic acids is 1. The molecule has 0 spiro atoms. The van der Waals surface area contributed by atoms with E-state index < -0.39 is 35.7 Å². The van der Waals surface area contributed by atoms with E-state index in [1.54, 1.807) is 0 Å². The highest BCUT2D eigenvalue weighted by molar-refractivity contribution is 6.62. The minimum atomic E-state index is -1.39. The number of carboxylic acids is 1. The molecule has 0 unspecified atom stereocenters. The zero-order valence-electron chi connectivity index (χ0n) is 11.7. The maximum Gasteiger partial charge on any atom is 0.494 e. The Morgan fingerprint density at radius 1 is 1.25 bits per heavy atom. The molecular weight excluding hydrogens is 285 g/mol. The Hall–Kier alpha value is -1.11. The van der Waals surface area contributed by atoms with Crippen molar-refractivity contribution in [2.45, 2.75) is 38.9 Å². The summed E-state index contributed by atoms with van der Waals surface area (Å²) >= 11 is 5.73. The molecule has 108 valence electrons. The third-order valence-corrected chi connectivity index (χ3v) is 4.08. The van der Waals surface area contributed by atoms with Gasteiger partial charge in [0.25, 0.3) is 0 Å². The fraction of sp³-hybridized carbons (Fsp3) is 0.462. The second-order valence-corrected chi connectivity index (χ2v) is 6.16. The van der Waals surface area contributed by atoms with Crippen molar-refractivity contribution < 1.29 is 23.6 Å². The van der Waals surface area contributed by atoms with Gasteiger partial charge in [-0.05, 0) is 45.3 Å². The van der Waals surface area contributed by atoms with Crippen molar-refractivity contribution in [3.8, 4) is 0 Å². The van der Waals surface area contributed by atoms with Crippen LogP contribution in [0, 0.1) is 5.82 Å². The summed E-state index contributed by atoms with van der Waals surface area (Å²) in [6.45, 7) is 7.49. The van der Waals surface area contributed by atoms with Gasteiger partial charge in [-0.2, -0.15) is 0 Å². The smallest absolute Gasteiger partial charge is 0.478 e. The van der Waals surface area contributed by atoms with Crippen LogP contribution in [0.1, 0.15) is 38.1 Å². The van der Waals surface area contributed by atoms with E-state index in [1.165, 1.54) is 12.1 Å². The molecule has 1 fully saturated rings.